The van der Waals surface area contributed by atoms with Gasteiger partial charge in [0.1, 0.15) is 5.82 Å². The lowest BCUT2D eigenvalue weighted by molar-refractivity contribution is 0.0526. The first-order valence-corrected chi connectivity index (χ1v) is 7.88. The molecule has 2 aromatic heterocycles. The topological polar surface area (TPSA) is 42.4 Å². The van der Waals surface area contributed by atoms with Crippen LogP contribution < -0.4 is 4.90 Å². The van der Waals surface area contributed by atoms with Gasteiger partial charge in [-0.1, -0.05) is 6.07 Å². The number of thiophene rings is 1. The van der Waals surface area contributed by atoms with Crippen LogP contribution in [0.25, 0.3) is 0 Å². The molecule has 4 nitrogen and oxygen atoms in total. The smallest absolute Gasteiger partial charge is 0.339 e. The van der Waals surface area contributed by atoms with E-state index in [0.29, 0.717) is 18.2 Å². The zero-order valence-electron chi connectivity index (χ0n) is 12.6. The highest BCUT2D eigenvalue weighted by molar-refractivity contribution is 7.09. The van der Waals surface area contributed by atoms with Crippen molar-refractivity contribution in [1.29, 1.82) is 0 Å². The summed E-state index contributed by atoms with van der Waals surface area (Å²) in [5.41, 5.74) is 0.486. The molecule has 0 aliphatic heterocycles. The van der Waals surface area contributed by atoms with Gasteiger partial charge in [0.2, 0.25) is 0 Å². The average molecular weight is 304 g/mol. The van der Waals surface area contributed by atoms with Gasteiger partial charge in [-0.25, -0.2) is 9.78 Å². The molecule has 2 rings (SSSR count). The van der Waals surface area contributed by atoms with Crippen LogP contribution in [0, 0.1) is 0 Å². The van der Waals surface area contributed by atoms with Crippen LogP contribution in [0.15, 0.2) is 35.8 Å². The Balaban J connectivity index is 2.02. The van der Waals surface area contributed by atoms with Gasteiger partial charge in [0, 0.05) is 30.6 Å². The fourth-order valence-corrected chi connectivity index (χ4v) is 2.84. The van der Waals surface area contributed by atoms with Gasteiger partial charge in [-0.2, -0.15) is 0 Å². The standard InChI is InChI=1S/C16H20N2O2S/c1-4-20-16(19)13-7-8-15(17-11-13)18(3)12(2)10-14-6-5-9-21-14/h5-9,11-12H,4,10H2,1-3H3. The summed E-state index contributed by atoms with van der Waals surface area (Å²) in [5, 5.41) is 2.09. The van der Waals surface area contributed by atoms with Crippen LogP contribution in [-0.4, -0.2) is 30.6 Å². The highest BCUT2D eigenvalue weighted by Gasteiger charge is 2.14. The normalized spacial score (nSPS) is 12.0. The van der Waals surface area contributed by atoms with E-state index in [1.165, 1.54) is 4.88 Å². The molecule has 0 N–H and O–H groups in total. The lowest BCUT2D eigenvalue weighted by Crippen LogP contribution is -2.31. The minimum Gasteiger partial charge on any atom is -0.462 e. The zero-order chi connectivity index (χ0) is 15.2. The van der Waals surface area contributed by atoms with E-state index in [-0.39, 0.29) is 5.97 Å². The summed E-state index contributed by atoms with van der Waals surface area (Å²) >= 11 is 1.77. The van der Waals surface area contributed by atoms with Gasteiger partial charge in [0.15, 0.2) is 0 Å². The second-order valence-electron chi connectivity index (χ2n) is 4.87. The van der Waals surface area contributed by atoms with Crippen molar-refractivity contribution < 1.29 is 9.53 Å². The van der Waals surface area contributed by atoms with Gasteiger partial charge in [-0.15, -0.1) is 11.3 Å². The molecule has 112 valence electrons. The number of ether oxygens (including phenoxy) is 1. The number of pyridine rings is 1. The van der Waals surface area contributed by atoms with Crippen molar-refractivity contribution in [3.05, 3.63) is 46.3 Å². The summed E-state index contributed by atoms with van der Waals surface area (Å²) in [5.74, 6) is 0.526. The Morgan fingerprint density at radius 2 is 2.24 bits per heavy atom. The Kier molecular flexibility index (Phi) is 5.33. The molecule has 0 aliphatic carbocycles. The second kappa shape index (κ2) is 7.22. The summed E-state index contributed by atoms with van der Waals surface area (Å²) in [4.78, 5) is 19.4. The van der Waals surface area contributed by atoms with Crippen molar-refractivity contribution in [3.63, 3.8) is 0 Å². The lowest BCUT2D eigenvalue weighted by Gasteiger charge is -2.25. The number of carbonyl (C=O) groups is 1. The molecule has 0 aromatic carbocycles. The van der Waals surface area contributed by atoms with E-state index in [0.717, 1.165) is 12.2 Å². The molecule has 2 heterocycles. The number of aromatic nitrogens is 1. The molecule has 0 aliphatic rings. The molecule has 1 unspecified atom stereocenters. The third-order valence-electron chi connectivity index (χ3n) is 3.36. The Bertz CT molecular complexity index is 566. The predicted octanol–water partition coefficient (Wildman–Crippen LogP) is 3.39. The number of hydrogen-bond donors (Lipinski definition) is 0. The molecule has 0 amide bonds. The number of anilines is 1. The first-order valence-electron chi connectivity index (χ1n) is 7.00. The first-order chi connectivity index (χ1) is 10.1. The lowest BCUT2D eigenvalue weighted by atomic mass is 10.2. The summed E-state index contributed by atoms with van der Waals surface area (Å²) in [6.07, 6.45) is 2.55. The number of hydrogen-bond acceptors (Lipinski definition) is 5. The molecule has 0 fully saturated rings. The Hall–Kier alpha value is -1.88. The van der Waals surface area contributed by atoms with E-state index >= 15 is 0 Å². The van der Waals surface area contributed by atoms with Crippen LogP contribution in [0.5, 0.6) is 0 Å². The molecule has 2 aromatic rings. The molecule has 5 heteroatoms. The number of carbonyl (C=O) groups excluding carboxylic acids is 1. The largest absolute Gasteiger partial charge is 0.462 e. The molecule has 0 saturated carbocycles. The van der Waals surface area contributed by atoms with Crippen molar-refractivity contribution in [2.24, 2.45) is 0 Å². The van der Waals surface area contributed by atoms with Crippen LogP contribution in [0.1, 0.15) is 29.1 Å². The van der Waals surface area contributed by atoms with Crippen molar-refractivity contribution in [2.75, 3.05) is 18.6 Å². The second-order valence-corrected chi connectivity index (χ2v) is 5.90. The fraction of sp³-hybridized carbons (Fsp3) is 0.375. The third kappa shape index (κ3) is 4.04. The summed E-state index contributed by atoms with van der Waals surface area (Å²) in [6, 6.07) is 8.17. The third-order valence-corrected chi connectivity index (χ3v) is 4.26. The average Bonchev–Trinajstić information content (AvgIpc) is 3.00. The fourth-order valence-electron chi connectivity index (χ4n) is 2.01. The Labute approximate surface area is 129 Å². The monoisotopic (exact) mass is 304 g/mol. The number of rotatable bonds is 6. The molecule has 0 spiro atoms. The quantitative estimate of drug-likeness (QED) is 0.767. The van der Waals surface area contributed by atoms with E-state index < -0.39 is 0 Å². The zero-order valence-corrected chi connectivity index (χ0v) is 13.4. The first kappa shape index (κ1) is 15.5. The molecule has 21 heavy (non-hydrogen) atoms. The van der Waals surface area contributed by atoms with Crippen molar-refractivity contribution >= 4 is 23.1 Å². The number of esters is 1. The highest BCUT2D eigenvalue weighted by Crippen LogP contribution is 2.18. The summed E-state index contributed by atoms with van der Waals surface area (Å²) < 4.78 is 4.95. The molecule has 0 bridgehead atoms. The predicted molar refractivity (Wildman–Crippen MR) is 86.1 cm³/mol. The highest BCUT2D eigenvalue weighted by atomic mass is 32.1. The van der Waals surface area contributed by atoms with Gasteiger partial charge in [0.05, 0.1) is 12.2 Å². The van der Waals surface area contributed by atoms with E-state index in [4.69, 9.17) is 4.74 Å². The number of likely N-dealkylation sites (N-methyl/N-ethyl adjacent to an activating group) is 1. The van der Waals surface area contributed by atoms with Gasteiger partial charge >= 0.3 is 5.97 Å². The van der Waals surface area contributed by atoms with Gasteiger partial charge in [-0.05, 0) is 37.4 Å². The van der Waals surface area contributed by atoms with Gasteiger partial charge in [0.25, 0.3) is 0 Å². The maximum atomic E-state index is 11.6. The maximum Gasteiger partial charge on any atom is 0.339 e. The van der Waals surface area contributed by atoms with E-state index in [1.54, 1.807) is 30.5 Å². The molecule has 0 radical (unpaired) electrons. The van der Waals surface area contributed by atoms with E-state index in [2.05, 4.69) is 34.3 Å². The maximum absolute atomic E-state index is 11.6. The Morgan fingerprint density at radius 1 is 1.43 bits per heavy atom. The van der Waals surface area contributed by atoms with Crippen LogP contribution in [-0.2, 0) is 11.2 Å². The van der Waals surface area contributed by atoms with E-state index in [1.807, 2.05) is 13.1 Å². The Morgan fingerprint density at radius 3 is 2.81 bits per heavy atom. The summed E-state index contributed by atoms with van der Waals surface area (Å²) in [7, 11) is 2.02. The van der Waals surface area contributed by atoms with Crippen molar-refractivity contribution in [1.82, 2.24) is 4.98 Å². The van der Waals surface area contributed by atoms with Gasteiger partial charge < -0.3 is 9.64 Å². The van der Waals surface area contributed by atoms with Gasteiger partial charge in [-0.3, -0.25) is 0 Å². The van der Waals surface area contributed by atoms with Crippen molar-refractivity contribution in [3.8, 4) is 0 Å². The van der Waals surface area contributed by atoms with Crippen molar-refractivity contribution in [2.45, 2.75) is 26.3 Å². The van der Waals surface area contributed by atoms with E-state index in [9.17, 15) is 4.79 Å². The molecule has 0 saturated heterocycles. The molecular weight excluding hydrogens is 284 g/mol. The minimum absolute atomic E-state index is 0.328. The van der Waals surface area contributed by atoms with Crippen LogP contribution in [0.4, 0.5) is 5.82 Å². The minimum atomic E-state index is -0.328. The SMILES string of the molecule is CCOC(=O)c1ccc(N(C)C(C)Cc2cccs2)nc1. The molecular formula is C16H20N2O2S. The summed E-state index contributed by atoms with van der Waals surface area (Å²) in [6.45, 7) is 4.33. The number of nitrogens with zero attached hydrogens (tertiary/aromatic N) is 2. The molecule has 1 atom stereocenters. The van der Waals surface area contributed by atoms with Crippen LogP contribution >= 0.6 is 11.3 Å². The van der Waals surface area contributed by atoms with Crippen LogP contribution in [0.2, 0.25) is 0 Å². The van der Waals surface area contributed by atoms with Crippen LogP contribution in [0.3, 0.4) is 0 Å².